The summed E-state index contributed by atoms with van der Waals surface area (Å²) in [7, 11) is 2.70. The molecule has 0 radical (unpaired) electrons. The van der Waals surface area contributed by atoms with Crippen LogP contribution in [0.25, 0.3) is 0 Å². The minimum Gasteiger partial charge on any atom is -0.348 e. The Balaban J connectivity index is 2.37. The number of ether oxygens (including phenoxy) is 2. The van der Waals surface area contributed by atoms with Crippen LogP contribution in [-0.2, 0) is 9.47 Å². The number of hydrogen-bond acceptors (Lipinski definition) is 2. The minimum absolute atomic E-state index is 0.303. The zero-order chi connectivity index (χ0) is 8.32. The van der Waals surface area contributed by atoms with E-state index in [9.17, 15) is 0 Å². The van der Waals surface area contributed by atoms with Gasteiger partial charge in [0.2, 0.25) is 0 Å². The van der Waals surface area contributed by atoms with E-state index in [-0.39, 0.29) is 5.79 Å². The molecule has 3 atom stereocenters. The molecule has 0 spiro atoms. The third kappa shape index (κ3) is 2.40. The maximum atomic E-state index is 5.70. The second-order valence-electron chi connectivity index (χ2n) is 3.13. The molecular weight excluding hydrogens is 159 g/mol. The first-order valence-corrected chi connectivity index (χ1v) is 5.03. The normalized spacial score (nSPS) is 37.9. The molecule has 11 heavy (non-hydrogen) atoms. The Morgan fingerprint density at radius 3 is 2.82 bits per heavy atom. The molecule has 1 aliphatic heterocycles. The first kappa shape index (κ1) is 9.44. The molecule has 3 unspecified atom stereocenters. The maximum Gasteiger partial charge on any atom is 0.166 e. The van der Waals surface area contributed by atoms with Crippen molar-refractivity contribution in [2.45, 2.75) is 38.6 Å². The van der Waals surface area contributed by atoms with Crippen LogP contribution in [0.4, 0.5) is 0 Å². The SMILES string of the molecule is CCC1COC(C)(CCP)O1. The van der Waals surface area contributed by atoms with Crippen molar-refractivity contribution >= 4 is 9.24 Å². The van der Waals surface area contributed by atoms with E-state index in [0.29, 0.717) is 6.10 Å². The summed E-state index contributed by atoms with van der Waals surface area (Å²) < 4.78 is 11.3. The molecule has 0 aromatic carbocycles. The lowest BCUT2D eigenvalue weighted by Gasteiger charge is -2.22. The molecule has 0 bridgehead atoms. The lowest BCUT2D eigenvalue weighted by atomic mass is 10.2. The molecule has 0 aliphatic carbocycles. The van der Waals surface area contributed by atoms with Crippen LogP contribution in [0.5, 0.6) is 0 Å². The fourth-order valence-electron chi connectivity index (χ4n) is 1.28. The lowest BCUT2D eigenvalue weighted by Crippen LogP contribution is -2.26. The fraction of sp³-hybridized carbons (Fsp3) is 1.00. The molecule has 1 rings (SSSR count). The molecule has 0 aromatic rings. The summed E-state index contributed by atoms with van der Waals surface area (Å²) in [5.74, 6) is -0.303. The average molecular weight is 176 g/mol. The van der Waals surface area contributed by atoms with Crippen molar-refractivity contribution in [3.63, 3.8) is 0 Å². The fourth-order valence-corrected chi connectivity index (χ4v) is 1.81. The van der Waals surface area contributed by atoms with Crippen LogP contribution in [0, 0.1) is 0 Å². The highest BCUT2D eigenvalue weighted by Gasteiger charge is 2.35. The molecule has 1 heterocycles. The monoisotopic (exact) mass is 176 g/mol. The zero-order valence-corrected chi connectivity index (χ0v) is 8.45. The van der Waals surface area contributed by atoms with Crippen molar-refractivity contribution in [3.8, 4) is 0 Å². The first-order valence-electron chi connectivity index (χ1n) is 4.22. The zero-order valence-electron chi connectivity index (χ0n) is 7.30. The molecule has 0 N–H and O–H groups in total. The van der Waals surface area contributed by atoms with Crippen molar-refractivity contribution in [2.24, 2.45) is 0 Å². The van der Waals surface area contributed by atoms with Gasteiger partial charge in [-0.15, -0.1) is 9.24 Å². The quantitative estimate of drug-likeness (QED) is 0.610. The highest BCUT2D eigenvalue weighted by atomic mass is 31.0. The predicted octanol–water partition coefficient (Wildman–Crippen LogP) is 1.79. The highest BCUT2D eigenvalue weighted by Crippen LogP contribution is 2.28. The first-order chi connectivity index (χ1) is 5.20. The summed E-state index contributed by atoms with van der Waals surface area (Å²) in [4.78, 5) is 0. The van der Waals surface area contributed by atoms with Crippen LogP contribution in [0.15, 0.2) is 0 Å². The van der Waals surface area contributed by atoms with Gasteiger partial charge in [-0.25, -0.2) is 0 Å². The molecule has 1 fully saturated rings. The molecule has 1 saturated heterocycles. The van der Waals surface area contributed by atoms with Crippen molar-refractivity contribution in [1.29, 1.82) is 0 Å². The summed E-state index contributed by atoms with van der Waals surface area (Å²) >= 11 is 0. The molecular formula is C8H17O2P. The summed E-state index contributed by atoms with van der Waals surface area (Å²) in [5.41, 5.74) is 0. The molecule has 66 valence electrons. The Bertz CT molecular complexity index is 129. The van der Waals surface area contributed by atoms with Gasteiger partial charge in [0.1, 0.15) is 0 Å². The molecule has 1 aliphatic rings. The van der Waals surface area contributed by atoms with Gasteiger partial charge in [-0.05, 0) is 19.5 Å². The van der Waals surface area contributed by atoms with E-state index in [2.05, 4.69) is 16.2 Å². The van der Waals surface area contributed by atoms with E-state index < -0.39 is 0 Å². The summed E-state index contributed by atoms with van der Waals surface area (Å²) in [5, 5.41) is 0. The Morgan fingerprint density at radius 1 is 1.64 bits per heavy atom. The highest BCUT2D eigenvalue weighted by molar-refractivity contribution is 7.16. The number of rotatable bonds is 3. The Morgan fingerprint density at radius 2 is 2.36 bits per heavy atom. The van der Waals surface area contributed by atoms with Gasteiger partial charge < -0.3 is 9.47 Å². The Hall–Kier alpha value is 0.350. The van der Waals surface area contributed by atoms with Gasteiger partial charge in [-0.1, -0.05) is 6.92 Å². The van der Waals surface area contributed by atoms with Crippen molar-refractivity contribution in [2.75, 3.05) is 12.8 Å². The van der Waals surface area contributed by atoms with Crippen LogP contribution >= 0.6 is 9.24 Å². The van der Waals surface area contributed by atoms with E-state index in [1.807, 2.05) is 6.92 Å². The predicted molar refractivity (Wildman–Crippen MR) is 48.7 cm³/mol. The van der Waals surface area contributed by atoms with Crippen molar-refractivity contribution in [1.82, 2.24) is 0 Å². The van der Waals surface area contributed by atoms with E-state index >= 15 is 0 Å². The Labute approximate surface area is 70.8 Å². The lowest BCUT2D eigenvalue weighted by molar-refractivity contribution is -0.154. The third-order valence-electron chi connectivity index (χ3n) is 2.04. The van der Waals surface area contributed by atoms with Gasteiger partial charge >= 0.3 is 0 Å². The summed E-state index contributed by atoms with van der Waals surface area (Å²) in [6, 6.07) is 0. The van der Waals surface area contributed by atoms with Crippen LogP contribution in [0.3, 0.4) is 0 Å². The number of hydrogen-bond donors (Lipinski definition) is 0. The van der Waals surface area contributed by atoms with Gasteiger partial charge in [-0.3, -0.25) is 0 Å². The van der Waals surface area contributed by atoms with Gasteiger partial charge in [0, 0.05) is 6.42 Å². The van der Waals surface area contributed by atoms with Crippen LogP contribution < -0.4 is 0 Å². The Kier molecular flexibility index (Phi) is 3.29. The largest absolute Gasteiger partial charge is 0.348 e. The van der Waals surface area contributed by atoms with Gasteiger partial charge in [0.15, 0.2) is 5.79 Å². The molecule has 0 amide bonds. The minimum atomic E-state index is -0.303. The van der Waals surface area contributed by atoms with Gasteiger partial charge in [-0.2, -0.15) is 0 Å². The van der Waals surface area contributed by atoms with Crippen LogP contribution in [-0.4, -0.2) is 24.7 Å². The standard InChI is InChI=1S/C8H17O2P/c1-3-7-6-9-8(2,10-7)4-5-11/h7H,3-6,11H2,1-2H3. The second kappa shape index (κ2) is 3.84. The topological polar surface area (TPSA) is 18.5 Å². The summed E-state index contributed by atoms with van der Waals surface area (Å²) in [6.45, 7) is 4.91. The van der Waals surface area contributed by atoms with E-state index in [1.54, 1.807) is 0 Å². The summed E-state index contributed by atoms with van der Waals surface area (Å²) in [6.07, 6.45) is 3.37. The van der Waals surface area contributed by atoms with E-state index in [0.717, 1.165) is 25.6 Å². The van der Waals surface area contributed by atoms with Gasteiger partial charge in [0.05, 0.1) is 12.7 Å². The molecule has 0 aromatic heterocycles. The van der Waals surface area contributed by atoms with Crippen molar-refractivity contribution in [3.05, 3.63) is 0 Å². The average Bonchev–Trinajstić information content (AvgIpc) is 2.33. The maximum absolute atomic E-state index is 5.70. The molecule has 3 heteroatoms. The molecule has 2 nitrogen and oxygen atoms in total. The second-order valence-corrected chi connectivity index (χ2v) is 3.71. The van der Waals surface area contributed by atoms with Gasteiger partial charge in [0.25, 0.3) is 0 Å². The van der Waals surface area contributed by atoms with Crippen LogP contribution in [0.2, 0.25) is 0 Å². The van der Waals surface area contributed by atoms with E-state index in [4.69, 9.17) is 9.47 Å². The van der Waals surface area contributed by atoms with Crippen LogP contribution in [0.1, 0.15) is 26.7 Å². The molecule has 0 saturated carbocycles. The smallest absolute Gasteiger partial charge is 0.166 e. The third-order valence-corrected chi connectivity index (χ3v) is 2.33. The van der Waals surface area contributed by atoms with E-state index in [1.165, 1.54) is 0 Å². The van der Waals surface area contributed by atoms with Crippen molar-refractivity contribution < 1.29 is 9.47 Å².